The van der Waals surface area contributed by atoms with E-state index in [4.69, 9.17) is 16.7 Å². The Bertz CT molecular complexity index is 442. The summed E-state index contributed by atoms with van der Waals surface area (Å²) in [7, 11) is 0. The molecule has 0 radical (unpaired) electrons. The van der Waals surface area contributed by atoms with Gasteiger partial charge in [-0.15, -0.1) is 11.8 Å². The summed E-state index contributed by atoms with van der Waals surface area (Å²) in [5.74, 6) is -0.679. The SMILES string of the molecule is O=C(CSc1ccccc1Cl)NCC(O)C(F)(F)F. The second-order valence-electron chi connectivity index (χ2n) is 3.58. The number of aliphatic hydroxyl groups excluding tert-OH is 1. The average molecular weight is 314 g/mol. The molecule has 0 saturated heterocycles. The molecule has 0 bridgehead atoms. The predicted molar refractivity (Wildman–Crippen MR) is 67.2 cm³/mol. The lowest BCUT2D eigenvalue weighted by atomic mass is 10.3. The van der Waals surface area contributed by atoms with Crippen LogP contribution in [0.15, 0.2) is 29.2 Å². The Morgan fingerprint density at radius 3 is 2.63 bits per heavy atom. The zero-order valence-electron chi connectivity index (χ0n) is 9.58. The van der Waals surface area contributed by atoms with Crippen LogP contribution in [-0.4, -0.2) is 35.6 Å². The van der Waals surface area contributed by atoms with E-state index in [2.05, 4.69) is 0 Å². The van der Waals surface area contributed by atoms with Crippen molar-refractivity contribution in [3.8, 4) is 0 Å². The molecule has 0 aliphatic heterocycles. The molecule has 106 valence electrons. The van der Waals surface area contributed by atoms with E-state index >= 15 is 0 Å². The number of alkyl halides is 3. The molecule has 0 aromatic heterocycles. The number of carbonyl (C=O) groups excluding carboxylic acids is 1. The first-order valence-corrected chi connectivity index (χ1v) is 6.56. The molecule has 1 aromatic rings. The summed E-state index contributed by atoms with van der Waals surface area (Å²) in [6.45, 7) is -0.856. The molecule has 1 amide bonds. The van der Waals surface area contributed by atoms with E-state index in [0.29, 0.717) is 9.92 Å². The quantitative estimate of drug-likeness (QED) is 0.821. The van der Waals surface area contributed by atoms with E-state index in [1.165, 1.54) is 0 Å². The Morgan fingerprint density at radius 1 is 1.42 bits per heavy atom. The summed E-state index contributed by atoms with van der Waals surface area (Å²) >= 11 is 6.96. The van der Waals surface area contributed by atoms with Crippen molar-refractivity contribution in [3.05, 3.63) is 29.3 Å². The number of halogens is 4. The topological polar surface area (TPSA) is 49.3 Å². The molecule has 19 heavy (non-hydrogen) atoms. The lowest BCUT2D eigenvalue weighted by molar-refractivity contribution is -0.201. The number of rotatable bonds is 5. The number of carbonyl (C=O) groups is 1. The molecular formula is C11H11ClF3NO2S. The molecule has 0 heterocycles. The van der Waals surface area contributed by atoms with Gasteiger partial charge < -0.3 is 10.4 Å². The van der Waals surface area contributed by atoms with Crippen LogP contribution in [-0.2, 0) is 4.79 Å². The number of thioether (sulfide) groups is 1. The van der Waals surface area contributed by atoms with E-state index in [9.17, 15) is 18.0 Å². The minimum atomic E-state index is -4.73. The monoisotopic (exact) mass is 313 g/mol. The third kappa shape index (κ3) is 5.71. The molecule has 0 spiro atoms. The first kappa shape index (κ1) is 16.1. The van der Waals surface area contributed by atoms with Crippen LogP contribution in [0.4, 0.5) is 13.2 Å². The summed E-state index contributed by atoms with van der Waals surface area (Å²) in [5.41, 5.74) is 0. The molecule has 8 heteroatoms. The van der Waals surface area contributed by atoms with Crippen LogP contribution in [0.5, 0.6) is 0 Å². The number of hydrogen-bond donors (Lipinski definition) is 2. The van der Waals surface area contributed by atoms with Crippen LogP contribution in [0.25, 0.3) is 0 Å². The second-order valence-corrected chi connectivity index (χ2v) is 5.00. The first-order chi connectivity index (χ1) is 8.80. The fourth-order valence-electron chi connectivity index (χ4n) is 1.08. The Morgan fingerprint density at radius 2 is 2.05 bits per heavy atom. The van der Waals surface area contributed by atoms with Gasteiger partial charge in [-0.2, -0.15) is 13.2 Å². The molecule has 1 atom stereocenters. The van der Waals surface area contributed by atoms with E-state index in [-0.39, 0.29) is 5.75 Å². The van der Waals surface area contributed by atoms with Crippen LogP contribution < -0.4 is 5.32 Å². The number of benzene rings is 1. The number of aliphatic hydroxyl groups is 1. The van der Waals surface area contributed by atoms with E-state index < -0.39 is 24.7 Å². The van der Waals surface area contributed by atoms with Crippen LogP contribution >= 0.6 is 23.4 Å². The normalized spacial score (nSPS) is 13.1. The molecule has 1 unspecified atom stereocenters. The summed E-state index contributed by atoms with van der Waals surface area (Å²) in [4.78, 5) is 12.0. The zero-order valence-corrected chi connectivity index (χ0v) is 11.1. The van der Waals surface area contributed by atoms with E-state index in [1.54, 1.807) is 24.3 Å². The number of nitrogens with one attached hydrogen (secondary N) is 1. The molecule has 0 aliphatic rings. The third-order valence-electron chi connectivity index (χ3n) is 2.07. The van der Waals surface area contributed by atoms with Crippen molar-refractivity contribution in [3.63, 3.8) is 0 Å². The van der Waals surface area contributed by atoms with E-state index in [0.717, 1.165) is 11.8 Å². The summed E-state index contributed by atoms with van der Waals surface area (Å²) in [6.07, 6.45) is -7.29. The van der Waals surface area contributed by atoms with Gasteiger partial charge >= 0.3 is 6.18 Å². The van der Waals surface area contributed by atoms with Gasteiger partial charge in [0, 0.05) is 4.90 Å². The van der Waals surface area contributed by atoms with Crippen LogP contribution in [0.3, 0.4) is 0 Å². The zero-order chi connectivity index (χ0) is 14.5. The van der Waals surface area contributed by atoms with Crippen LogP contribution in [0.2, 0.25) is 5.02 Å². The minimum absolute atomic E-state index is 0.0751. The molecule has 1 rings (SSSR count). The highest BCUT2D eigenvalue weighted by molar-refractivity contribution is 8.00. The summed E-state index contributed by atoms with van der Waals surface area (Å²) in [5, 5.41) is 11.2. The summed E-state index contributed by atoms with van der Waals surface area (Å²) in [6, 6.07) is 6.81. The Kier molecular flexibility index (Phi) is 5.96. The second kappa shape index (κ2) is 7.02. The van der Waals surface area contributed by atoms with Crippen molar-refractivity contribution in [2.24, 2.45) is 0 Å². The largest absolute Gasteiger partial charge is 0.416 e. The third-order valence-corrected chi connectivity index (χ3v) is 3.58. The highest BCUT2D eigenvalue weighted by atomic mass is 35.5. The highest BCUT2D eigenvalue weighted by Gasteiger charge is 2.38. The van der Waals surface area contributed by atoms with Crippen molar-refractivity contribution in [2.75, 3.05) is 12.3 Å². The van der Waals surface area contributed by atoms with Gasteiger partial charge in [0.2, 0.25) is 5.91 Å². The Balaban J connectivity index is 2.35. The Hall–Kier alpha value is -0.920. The van der Waals surface area contributed by atoms with Crippen molar-refractivity contribution < 1.29 is 23.1 Å². The van der Waals surface area contributed by atoms with Gasteiger partial charge in [-0.05, 0) is 12.1 Å². The number of amides is 1. The Labute approximate surface area is 117 Å². The fourth-order valence-corrected chi connectivity index (χ4v) is 2.15. The van der Waals surface area contributed by atoms with Gasteiger partial charge in [0.25, 0.3) is 0 Å². The van der Waals surface area contributed by atoms with Gasteiger partial charge in [-0.3, -0.25) is 4.79 Å². The molecule has 0 fully saturated rings. The standard InChI is InChI=1S/C11H11ClF3NO2S/c12-7-3-1-2-4-8(7)19-6-10(18)16-5-9(17)11(13,14)15/h1-4,9,17H,5-6H2,(H,16,18). The summed E-state index contributed by atoms with van der Waals surface area (Å²) < 4.78 is 35.9. The van der Waals surface area contributed by atoms with Gasteiger partial charge in [0.05, 0.1) is 17.3 Å². The molecule has 2 N–H and O–H groups in total. The fraction of sp³-hybridized carbons (Fsp3) is 0.364. The molecule has 0 aliphatic carbocycles. The van der Waals surface area contributed by atoms with Crippen molar-refractivity contribution in [1.82, 2.24) is 5.32 Å². The number of hydrogen-bond acceptors (Lipinski definition) is 3. The minimum Gasteiger partial charge on any atom is -0.382 e. The van der Waals surface area contributed by atoms with Crippen LogP contribution in [0.1, 0.15) is 0 Å². The maximum Gasteiger partial charge on any atom is 0.416 e. The predicted octanol–water partition coefficient (Wildman–Crippen LogP) is 2.47. The highest BCUT2D eigenvalue weighted by Crippen LogP contribution is 2.26. The maximum absolute atomic E-state index is 12.0. The van der Waals surface area contributed by atoms with Gasteiger partial charge in [0.1, 0.15) is 0 Å². The van der Waals surface area contributed by atoms with Gasteiger partial charge in [0.15, 0.2) is 6.10 Å². The molecular weight excluding hydrogens is 303 g/mol. The lowest BCUT2D eigenvalue weighted by Crippen LogP contribution is -2.41. The van der Waals surface area contributed by atoms with Crippen molar-refractivity contribution >= 4 is 29.3 Å². The molecule has 0 saturated carbocycles. The van der Waals surface area contributed by atoms with E-state index in [1.807, 2.05) is 5.32 Å². The molecule has 1 aromatic carbocycles. The van der Waals surface area contributed by atoms with Gasteiger partial charge in [-0.25, -0.2) is 0 Å². The van der Waals surface area contributed by atoms with Crippen molar-refractivity contribution in [1.29, 1.82) is 0 Å². The van der Waals surface area contributed by atoms with Gasteiger partial charge in [-0.1, -0.05) is 23.7 Å². The average Bonchev–Trinajstić information content (AvgIpc) is 2.33. The van der Waals surface area contributed by atoms with Crippen molar-refractivity contribution in [2.45, 2.75) is 17.2 Å². The smallest absolute Gasteiger partial charge is 0.382 e. The lowest BCUT2D eigenvalue weighted by Gasteiger charge is -2.14. The maximum atomic E-state index is 12.0. The molecule has 3 nitrogen and oxygen atoms in total. The van der Waals surface area contributed by atoms with Crippen LogP contribution in [0, 0.1) is 0 Å². The first-order valence-electron chi connectivity index (χ1n) is 5.19.